The van der Waals surface area contributed by atoms with E-state index in [2.05, 4.69) is 5.32 Å². The Balaban J connectivity index is 2.19. The molecule has 0 aromatic heterocycles. The Morgan fingerprint density at radius 1 is 1.11 bits per heavy atom. The molecule has 0 saturated heterocycles. The Morgan fingerprint density at radius 2 is 1.75 bits per heavy atom. The van der Waals surface area contributed by atoms with Crippen molar-refractivity contribution < 1.29 is 13.2 Å². The highest BCUT2D eigenvalue weighted by molar-refractivity contribution is 7.92. The van der Waals surface area contributed by atoms with Gasteiger partial charge in [0.1, 0.15) is 6.04 Å². The van der Waals surface area contributed by atoms with Crippen LogP contribution in [-0.4, -0.2) is 40.7 Å². The molecular weight excluding hydrogens is 398 g/mol. The summed E-state index contributed by atoms with van der Waals surface area (Å²) in [6.07, 6.45) is 1.41. The smallest absolute Gasteiger partial charge is 0.244 e. The first-order valence-electron chi connectivity index (χ1n) is 8.92. The van der Waals surface area contributed by atoms with Crippen molar-refractivity contribution in [2.75, 3.05) is 29.6 Å². The van der Waals surface area contributed by atoms with Crippen molar-refractivity contribution in [1.82, 2.24) is 5.32 Å². The molecule has 152 valence electrons. The van der Waals surface area contributed by atoms with Crippen LogP contribution in [0.1, 0.15) is 18.9 Å². The summed E-state index contributed by atoms with van der Waals surface area (Å²) in [5.74, 6) is -0.357. The summed E-state index contributed by atoms with van der Waals surface area (Å²) >= 11 is 6.02. The van der Waals surface area contributed by atoms with E-state index in [-0.39, 0.29) is 5.91 Å². The molecule has 2 rings (SSSR count). The third-order valence-electron chi connectivity index (χ3n) is 4.31. The van der Waals surface area contributed by atoms with Crippen molar-refractivity contribution in [2.24, 2.45) is 0 Å². The Hall–Kier alpha value is -2.25. The highest BCUT2D eigenvalue weighted by Gasteiger charge is 2.31. The summed E-state index contributed by atoms with van der Waals surface area (Å²) in [4.78, 5) is 14.8. The largest absolute Gasteiger partial charge is 0.378 e. The van der Waals surface area contributed by atoms with E-state index < -0.39 is 16.1 Å². The third-order valence-corrected chi connectivity index (χ3v) is 5.73. The molecule has 0 fully saturated rings. The average Bonchev–Trinajstić information content (AvgIpc) is 2.63. The molecule has 0 bridgehead atoms. The topological polar surface area (TPSA) is 69.7 Å². The fourth-order valence-electron chi connectivity index (χ4n) is 2.89. The zero-order valence-electron chi connectivity index (χ0n) is 16.5. The quantitative estimate of drug-likeness (QED) is 0.707. The number of carbonyl (C=O) groups is 1. The van der Waals surface area contributed by atoms with Crippen LogP contribution in [0.3, 0.4) is 0 Å². The van der Waals surface area contributed by atoms with E-state index in [0.717, 1.165) is 21.8 Å². The van der Waals surface area contributed by atoms with Crippen LogP contribution in [0.4, 0.5) is 11.4 Å². The van der Waals surface area contributed by atoms with Gasteiger partial charge in [0.2, 0.25) is 15.9 Å². The Morgan fingerprint density at radius 3 is 2.25 bits per heavy atom. The number of amides is 1. The number of nitrogens with zero attached hydrogens (tertiary/aromatic N) is 2. The molecule has 1 amide bonds. The van der Waals surface area contributed by atoms with E-state index in [1.807, 2.05) is 43.3 Å². The molecular formula is C20H26ClN3O3S. The lowest BCUT2D eigenvalue weighted by atomic mass is 10.1. The molecule has 2 aromatic carbocycles. The molecule has 2 aromatic rings. The van der Waals surface area contributed by atoms with E-state index in [9.17, 15) is 13.2 Å². The zero-order chi connectivity index (χ0) is 20.9. The predicted octanol–water partition coefficient (Wildman–Crippen LogP) is 3.27. The molecule has 0 heterocycles. The van der Waals surface area contributed by atoms with Crippen molar-refractivity contribution in [1.29, 1.82) is 0 Å². The number of halogens is 1. The molecule has 1 atom stereocenters. The van der Waals surface area contributed by atoms with Crippen LogP contribution in [-0.2, 0) is 21.4 Å². The van der Waals surface area contributed by atoms with Crippen LogP contribution in [0, 0.1) is 0 Å². The average molecular weight is 424 g/mol. The fraction of sp³-hybridized carbons (Fsp3) is 0.350. The van der Waals surface area contributed by atoms with Gasteiger partial charge in [-0.1, -0.05) is 36.7 Å². The number of benzene rings is 2. The van der Waals surface area contributed by atoms with Crippen molar-refractivity contribution >= 4 is 38.9 Å². The molecule has 28 heavy (non-hydrogen) atoms. The minimum absolute atomic E-state index is 0.316. The number of nitrogens with one attached hydrogen (secondary N) is 1. The molecule has 1 N–H and O–H groups in total. The van der Waals surface area contributed by atoms with Crippen LogP contribution >= 0.6 is 11.6 Å². The number of anilines is 2. The molecule has 6 nitrogen and oxygen atoms in total. The van der Waals surface area contributed by atoms with Crippen LogP contribution in [0.25, 0.3) is 0 Å². The van der Waals surface area contributed by atoms with Crippen LogP contribution < -0.4 is 14.5 Å². The van der Waals surface area contributed by atoms with E-state index in [4.69, 9.17) is 11.6 Å². The van der Waals surface area contributed by atoms with Gasteiger partial charge < -0.3 is 10.2 Å². The number of rotatable bonds is 8. The van der Waals surface area contributed by atoms with Gasteiger partial charge in [0, 0.05) is 31.4 Å². The van der Waals surface area contributed by atoms with E-state index in [0.29, 0.717) is 23.7 Å². The lowest BCUT2D eigenvalue weighted by Crippen LogP contribution is -2.49. The highest BCUT2D eigenvalue weighted by atomic mass is 35.5. The normalized spacial score (nSPS) is 12.3. The van der Waals surface area contributed by atoms with Gasteiger partial charge in [-0.3, -0.25) is 9.10 Å². The standard InChI is InChI=1S/C20H26ClN3O3S/c1-5-19(24(28(4,26)27)18-8-6-7-16(21)13-18)20(25)22-14-15-9-11-17(12-10-15)23(2)3/h6-13,19H,5,14H2,1-4H3,(H,22,25). The van der Waals surface area contributed by atoms with Gasteiger partial charge in [0.15, 0.2) is 0 Å². The highest BCUT2D eigenvalue weighted by Crippen LogP contribution is 2.25. The van der Waals surface area contributed by atoms with Crippen molar-refractivity contribution in [3.63, 3.8) is 0 Å². The van der Waals surface area contributed by atoms with Gasteiger partial charge in [-0.25, -0.2) is 8.42 Å². The summed E-state index contributed by atoms with van der Waals surface area (Å²) in [6, 6.07) is 13.4. The maximum Gasteiger partial charge on any atom is 0.244 e. The maximum atomic E-state index is 12.8. The molecule has 0 saturated carbocycles. The Bertz CT molecular complexity index is 915. The second-order valence-electron chi connectivity index (χ2n) is 6.74. The molecule has 8 heteroatoms. The van der Waals surface area contributed by atoms with Gasteiger partial charge in [-0.05, 0) is 42.3 Å². The van der Waals surface area contributed by atoms with Gasteiger partial charge in [0.25, 0.3) is 0 Å². The van der Waals surface area contributed by atoms with Gasteiger partial charge in [0.05, 0.1) is 11.9 Å². The Kier molecular flexibility index (Phi) is 7.32. The number of sulfonamides is 1. The molecule has 0 radical (unpaired) electrons. The number of carbonyl (C=O) groups excluding carboxylic acids is 1. The third kappa shape index (κ3) is 5.62. The summed E-state index contributed by atoms with van der Waals surface area (Å²) < 4.78 is 26.0. The van der Waals surface area contributed by atoms with Gasteiger partial charge in [-0.15, -0.1) is 0 Å². The Labute approximate surface area is 172 Å². The fourth-order valence-corrected chi connectivity index (χ4v) is 4.28. The first kappa shape index (κ1) is 22.0. The molecule has 1 unspecified atom stereocenters. The summed E-state index contributed by atoms with van der Waals surface area (Å²) in [5.41, 5.74) is 2.36. The minimum atomic E-state index is -3.68. The molecule has 0 aliphatic rings. The van der Waals surface area contributed by atoms with E-state index in [1.165, 1.54) is 0 Å². The summed E-state index contributed by atoms with van der Waals surface area (Å²) in [7, 11) is 0.232. The zero-order valence-corrected chi connectivity index (χ0v) is 18.1. The molecule has 0 aliphatic carbocycles. The molecule has 0 aliphatic heterocycles. The lowest BCUT2D eigenvalue weighted by Gasteiger charge is -2.30. The molecule has 0 spiro atoms. The minimum Gasteiger partial charge on any atom is -0.378 e. The van der Waals surface area contributed by atoms with Crippen molar-refractivity contribution in [2.45, 2.75) is 25.9 Å². The van der Waals surface area contributed by atoms with Crippen LogP contribution in [0.15, 0.2) is 48.5 Å². The van der Waals surface area contributed by atoms with Crippen molar-refractivity contribution in [3.8, 4) is 0 Å². The summed E-state index contributed by atoms with van der Waals surface area (Å²) in [5, 5.41) is 3.25. The second kappa shape index (κ2) is 9.30. The van der Waals surface area contributed by atoms with E-state index in [1.54, 1.807) is 31.2 Å². The maximum absolute atomic E-state index is 12.8. The monoisotopic (exact) mass is 423 g/mol. The van der Waals surface area contributed by atoms with Crippen LogP contribution in [0.5, 0.6) is 0 Å². The van der Waals surface area contributed by atoms with E-state index >= 15 is 0 Å². The van der Waals surface area contributed by atoms with Crippen LogP contribution in [0.2, 0.25) is 5.02 Å². The first-order chi connectivity index (χ1) is 13.1. The van der Waals surface area contributed by atoms with Gasteiger partial charge in [-0.2, -0.15) is 0 Å². The number of hydrogen-bond acceptors (Lipinski definition) is 4. The van der Waals surface area contributed by atoms with Crippen molar-refractivity contribution in [3.05, 3.63) is 59.1 Å². The predicted molar refractivity (Wildman–Crippen MR) is 115 cm³/mol. The first-order valence-corrected chi connectivity index (χ1v) is 11.1. The second-order valence-corrected chi connectivity index (χ2v) is 9.04. The summed E-state index contributed by atoms with van der Waals surface area (Å²) in [6.45, 7) is 2.09. The SMILES string of the molecule is CCC(C(=O)NCc1ccc(N(C)C)cc1)N(c1cccc(Cl)c1)S(C)(=O)=O. The van der Waals surface area contributed by atoms with Gasteiger partial charge >= 0.3 is 0 Å². The lowest BCUT2D eigenvalue weighted by molar-refractivity contribution is -0.122. The number of hydrogen-bond donors (Lipinski definition) is 1.